The number of carbonyl (C=O) groups is 2. The number of rotatable bonds is 5. The van der Waals surface area contributed by atoms with E-state index >= 15 is 0 Å². The number of hydrogen-bond acceptors (Lipinski definition) is 6. The van der Waals surface area contributed by atoms with Gasteiger partial charge in [0.25, 0.3) is 11.8 Å². The van der Waals surface area contributed by atoms with Crippen LogP contribution in [0.25, 0.3) is 21.2 Å². The Morgan fingerprint density at radius 3 is 2.41 bits per heavy atom. The third-order valence-corrected chi connectivity index (χ3v) is 10.4. The van der Waals surface area contributed by atoms with Gasteiger partial charge in [-0.3, -0.25) is 14.5 Å². The summed E-state index contributed by atoms with van der Waals surface area (Å²) in [6.45, 7) is 3.83. The molecule has 3 aromatic carbocycles. The van der Waals surface area contributed by atoms with Crippen LogP contribution >= 0.6 is 11.3 Å². The maximum absolute atomic E-state index is 13.2. The number of fused-ring (bicyclic) bond motifs is 2. The summed E-state index contributed by atoms with van der Waals surface area (Å²) >= 11 is 1.49. The van der Waals surface area contributed by atoms with Crippen LogP contribution in [0.1, 0.15) is 25.6 Å². The normalized spacial score (nSPS) is 18.3. The lowest BCUT2D eigenvalue weighted by Gasteiger charge is -2.53. The lowest BCUT2D eigenvalue weighted by atomic mass is 9.98. The average Bonchev–Trinajstić information content (AvgIpc) is 3.45. The molecule has 7 nitrogen and oxygen atoms in total. The first kappa shape index (κ1) is 24.5. The van der Waals surface area contributed by atoms with Gasteiger partial charge in [0.15, 0.2) is 9.84 Å². The molecule has 0 saturated carbocycles. The molecular weight excluding hydrogens is 530 g/mol. The Bertz CT molecular complexity index is 1750. The molecule has 0 aliphatic carbocycles. The SMILES string of the molecule is CS(=O)(=O)c1cccc(-c2ccc3sc(C(=O)N4CC(N5CC(N6Cc7ccccc7C6=O)C5)C4)cc3c2)c1. The van der Waals surface area contributed by atoms with Gasteiger partial charge >= 0.3 is 0 Å². The standard InChI is InChI=1S/C30H27N3O4S2/c1-39(36,37)25-7-4-6-19(12-25)20-9-10-27-22(11-20)13-28(38-27)30(35)32-15-23(16-32)31-17-24(18-31)33-14-21-5-2-3-8-26(21)29(33)34/h2-13,23-24H,14-18H2,1H3. The molecule has 3 aliphatic heterocycles. The number of thiophene rings is 1. The highest BCUT2D eigenvalue weighted by Crippen LogP contribution is 2.34. The summed E-state index contributed by atoms with van der Waals surface area (Å²) in [7, 11) is -3.29. The van der Waals surface area contributed by atoms with Gasteiger partial charge in [0.05, 0.1) is 15.8 Å². The number of amides is 2. The second-order valence-corrected chi connectivity index (χ2v) is 13.8. The minimum absolute atomic E-state index is 0.0512. The van der Waals surface area contributed by atoms with E-state index in [2.05, 4.69) is 4.90 Å². The van der Waals surface area contributed by atoms with Gasteiger partial charge in [-0.15, -0.1) is 11.3 Å². The van der Waals surface area contributed by atoms with Gasteiger partial charge in [0.2, 0.25) is 0 Å². The number of benzene rings is 3. The quantitative estimate of drug-likeness (QED) is 0.369. The van der Waals surface area contributed by atoms with Crippen LogP contribution in [0.3, 0.4) is 0 Å². The molecule has 0 unspecified atom stereocenters. The Labute approximate surface area is 231 Å². The van der Waals surface area contributed by atoms with Crippen molar-refractivity contribution in [1.29, 1.82) is 0 Å². The van der Waals surface area contributed by atoms with Crippen molar-refractivity contribution in [2.75, 3.05) is 32.4 Å². The van der Waals surface area contributed by atoms with Crippen molar-refractivity contribution in [2.24, 2.45) is 0 Å². The van der Waals surface area contributed by atoms with Crippen molar-refractivity contribution in [3.05, 3.63) is 88.8 Å². The molecule has 4 aromatic rings. The molecule has 39 heavy (non-hydrogen) atoms. The monoisotopic (exact) mass is 557 g/mol. The van der Waals surface area contributed by atoms with Crippen molar-refractivity contribution in [3.63, 3.8) is 0 Å². The first-order valence-corrected chi connectivity index (χ1v) is 15.7. The van der Waals surface area contributed by atoms with E-state index < -0.39 is 9.84 Å². The molecule has 198 valence electrons. The molecule has 2 fully saturated rings. The summed E-state index contributed by atoms with van der Waals surface area (Å²) in [6, 6.07) is 23.3. The van der Waals surface area contributed by atoms with E-state index in [0.717, 1.165) is 45.4 Å². The van der Waals surface area contributed by atoms with Crippen LogP contribution in [0.4, 0.5) is 0 Å². The van der Waals surface area contributed by atoms with Gasteiger partial charge in [-0.1, -0.05) is 36.4 Å². The smallest absolute Gasteiger partial charge is 0.264 e. The lowest BCUT2D eigenvalue weighted by molar-refractivity contribution is -0.0363. The van der Waals surface area contributed by atoms with Crippen molar-refractivity contribution < 1.29 is 18.0 Å². The van der Waals surface area contributed by atoms with Crippen LogP contribution in [0.5, 0.6) is 0 Å². The maximum atomic E-state index is 13.2. The minimum atomic E-state index is -3.29. The molecule has 0 bridgehead atoms. The number of nitrogens with zero attached hydrogens (tertiary/aromatic N) is 3. The van der Waals surface area contributed by atoms with Crippen LogP contribution in [0, 0.1) is 0 Å². The van der Waals surface area contributed by atoms with E-state index in [4.69, 9.17) is 0 Å². The molecular formula is C30H27N3O4S2. The van der Waals surface area contributed by atoms with Crippen molar-refractivity contribution in [1.82, 2.24) is 14.7 Å². The van der Waals surface area contributed by atoms with E-state index in [1.165, 1.54) is 17.6 Å². The van der Waals surface area contributed by atoms with Crippen LogP contribution in [0.2, 0.25) is 0 Å². The summed E-state index contributed by atoms with van der Waals surface area (Å²) < 4.78 is 25.0. The minimum Gasteiger partial charge on any atom is -0.335 e. The summed E-state index contributed by atoms with van der Waals surface area (Å²) in [6.07, 6.45) is 1.21. The number of hydrogen-bond donors (Lipinski definition) is 0. The van der Waals surface area contributed by atoms with E-state index in [1.54, 1.807) is 18.2 Å². The fourth-order valence-electron chi connectivity index (χ4n) is 5.80. The molecule has 0 atom stereocenters. The molecule has 2 amide bonds. The average molecular weight is 558 g/mol. The van der Waals surface area contributed by atoms with Gasteiger partial charge in [0.1, 0.15) is 0 Å². The zero-order chi connectivity index (χ0) is 26.9. The predicted octanol–water partition coefficient (Wildman–Crippen LogP) is 4.14. The highest BCUT2D eigenvalue weighted by atomic mass is 32.2. The zero-order valence-corrected chi connectivity index (χ0v) is 23.0. The second-order valence-electron chi connectivity index (χ2n) is 10.7. The molecule has 0 spiro atoms. The van der Waals surface area contributed by atoms with E-state index in [-0.39, 0.29) is 17.9 Å². The Morgan fingerprint density at radius 2 is 1.64 bits per heavy atom. The van der Waals surface area contributed by atoms with Crippen molar-refractivity contribution in [3.8, 4) is 11.1 Å². The van der Waals surface area contributed by atoms with Gasteiger partial charge < -0.3 is 9.80 Å². The van der Waals surface area contributed by atoms with Crippen LogP contribution in [-0.4, -0.2) is 79.5 Å². The van der Waals surface area contributed by atoms with Crippen LogP contribution < -0.4 is 0 Å². The summed E-state index contributed by atoms with van der Waals surface area (Å²) in [5.41, 5.74) is 3.69. The summed E-state index contributed by atoms with van der Waals surface area (Å²) in [5, 5.41) is 0.976. The molecule has 2 saturated heterocycles. The molecule has 0 N–H and O–H groups in total. The van der Waals surface area contributed by atoms with Crippen molar-refractivity contribution >= 4 is 43.1 Å². The Morgan fingerprint density at radius 1 is 0.872 bits per heavy atom. The van der Waals surface area contributed by atoms with E-state index in [1.807, 2.05) is 64.4 Å². The van der Waals surface area contributed by atoms with Crippen LogP contribution in [-0.2, 0) is 16.4 Å². The third kappa shape index (κ3) is 4.25. The molecule has 0 radical (unpaired) electrons. The van der Waals surface area contributed by atoms with Gasteiger partial charge in [-0.25, -0.2) is 8.42 Å². The van der Waals surface area contributed by atoms with E-state index in [9.17, 15) is 18.0 Å². The van der Waals surface area contributed by atoms with Crippen LogP contribution in [0.15, 0.2) is 77.7 Å². The second kappa shape index (κ2) is 9.01. The largest absolute Gasteiger partial charge is 0.335 e. The molecule has 4 heterocycles. The highest BCUT2D eigenvalue weighted by molar-refractivity contribution is 7.90. The molecule has 3 aliphatic rings. The topological polar surface area (TPSA) is 78.0 Å². The number of carbonyl (C=O) groups excluding carboxylic acids is 2. The fourth-order valence-corrected chi connectivity index (χ4v) is 7.48. The van der Waals surface area contributed by atoms with Gasteiger partial charge in [-0.2, -0.15) is 0 Å². The lowest BCUT2D eigenvalue weighted by Crippen LogP contribution is -2.70. The highest BCUT2D eigenvalue weighted by Gasteiger charge is 2.45. The first-order chi connectivity index (χ1) is 18.7. The maximum Gasteiger partial charge on any atom is 0.264 e. The Kier molecular flexibility index (Phi) is 5.66. The fraction of sp³-hybridized carbons (Fsp3) is 0.267. The predicted molar refractivity (Wildman–Crippen MR) is 152 cm³/mol. The summed E-state index contributed by atoms with van der Waals surface area (Å²) in [4.78, 5) is 33.3. The molecule has 1 aromatic heterocycles. The number of likely N-dealkylation sites (tertiary alicyclic amines) is 2. The molecule has 9 heteroatoms. The Balaban J connectivity index is 0.980. The van der Waals surface area contributed by atoms with Crippen molar-refractivity contribution in [2.45, 2.75) is 23.5 Å². The summed E-state index contributed by atoms with van der Waals surface area (Å²) in [5.74, 6) is 0.187. The van der Waals surface area contributed by atoms with Gasteiger partial charge in [0, 0.05) is 55.3 Å². The van der Waals surface area contributed by atoms with E-state index in [0.29, 0.717) is 35.4 Å². The number of sulfone groups is 1. The third-order valence-electron chi connectivity index (χ3n) is 8.17. The Hall–Kier alpha value is -3.53. The van der Waals surface area contributed by atoms with Gasteiger partial charge in [-0.05, 0) is 58.5 Å². The molecule has 7 rings (SSSR count). The first-order valence-electron chi connectivity index (χ1n) is 13.0. The zero-order valence-electron chi connectivity index (χ0n) is 21.4.